The number of hydrogen-bond donors (Lipinski definition) is 2. The van der Waals surface area contributed by atoms with Gasteiger partial charge in [-0.1, -0.05) is 18.2 Å². The van der Waals surface area contributed by atoms with Crippen molar-refractivity contribution < 1.29 is 9.47 Å². The van der Waals surface area contributed by atoms with E-state index in [1.54, 1.807) is 19.5 Å². The summed E-state index contributed by atoms with van der Waals surface area (Å²) < 4.78 is 11.4. The molecule has 26 heavy (non-hydrogen) atoms. The lowest BCUT2D eigenvalue weighted by atomic mass is 10.1. The van der Waals surface area contributed by atoms with E-state index in [0.29, 0.717) is 12.4 Å². The van der Waals surface area contributed by atoms with Crippen molar-refractivity contribution in [3.8, 4) is 11.5 Å². The number of pyridine rings is 1. The minimum atomic E-state index is -0.0956. The number of rotatable bonds is 6. The van der Waals surface area contributed by atoms with Gasteiger partial charge in [-0.05, 0) is 35.9 Å². The van der Waals surface area contributed by atoms with Gasteiger partial charge in [0.05, 0.1) is 13.3 Å². The zero-order valence-electron chi connectivity index (χ0n) is 14.3. The number of ether oxygens (including phenoxy) is 2. The van der Waals surface area contributed by atoms with Crippen LogP contribution >= 0.6 is 0 Å². The normalized spacial score (nSPS) is 10.8. The molecule has 0 aliphatic rings. The molecule has 7 nitrogen and oxygen atoms in total. The molecule has 2 aromatic carbocycles. The van der Waals surface area contributed by atoms with Crippen LogP contribution in [0.15, 0.2) is 64.9 Å². The van der Waals surface area contributed by atoms with Crippen molar-refractivity contribution in [1.29, 1.82) is 0 Å². The quantitative estimate of drug-likeness (QED) is 0.404. The molecule has 0 aliphatic heterocycles. The highest BCUT2D eigenvalue weighted by Gasteiger charge is 2.08. The number of benzene rings is 2. The first-order valence-electron chi connectivity index (χ1n) is 7.93. The van der Waals surface area contributed by atoms with Gasteiger partial charge in [0.1, 0.15) is 23.6 Å². The maximum Gasteiger partial charge on any atom is 0.211 e. The van der Waals surface area contributed by atoms with E-state index < -0.39 is 0 Å². The lowest BCUT2D eigenvalue weighted by molar-refractivity contribution is 0.299. The van der Waals surface area contributed by atoms with Crippen LogP contribution in [-0.2, 0) is 6.61 Å². The van der Waals surface area contributed by atoms with Gasteiger partial charge in [0, 0.05) is 17.1 Å². The Bertz CT molecular complexity index is 960. The van der Waals surface area contributed by atoms with E-state index in [9.17, 15) is 0 Å². The van der Waals surface area contributed by atoms with Crippen molar-refractivity contribution in [3.63, 3.8) is 0 Å². The van der Waals surface area contributed by atoms with E-state index in [2.05, 4.69) is 15.2 Å². The molecule has 3 aromatic rings. The summed E-state index contributed by atoms with van der Waals surface area (Å²) in [5.41, 5.74) is 13.0. The van der Waals surface area contributed by atoms with Gasteiger partial charge in [0.25, 0.3) is 0 Å². The van der Waals surface area contributed by atoms with Crippen LogP contribution in [0.5, 0.6) is 11.5 Å². The predicted molar refractivity (Wildman–Crippen MR) is 102 cm³/mol. The fourth-order valence-corrected chi connectivity index (χ4v) is 2.50. The first kappa shape index (κ1) is 17.2. The van der Waals surface area contributed by atoms with E-state index in [-0.39, 0.29) is 5.96 Å². The number of aromatic nitrogens is 1. The number of nitrogens with zero attached hydrogens (tertiary/aromatic N) is 3. The maximum absolute atomic E-state index is 5.99. The highest BCUT2D eigenvalue weighted by Crippen LogP contribution is 2.26. The lowest BCUT2D eigenvalue weighted by Crippen LogP contribution is -2.21. The molecule has 4 N–H and O–H groups in total. The Morgan fingerprint density at radius 2 is 1.96 bits per heavy atom. The fraction of sp³-hybridized carbons (Fsp3) is 0.105. The molecular formula is C19H19N5O2. The van der Waals surface area contributed by atoms with Gasteiger partial charge in [0.15, 0.2) is 0 Å². The molecule has 0 saturated carbocycles. The minimum Gasteiger partial charge on any atom is -0.496 e. The van der Waals surface area contributed by atoms with Gasteiger partial charge in [-0.2, -0.15) is 5.10 Å². The zero-order valence-corrected chi connectivity index (χ0v) is 14.3. The molecule has 0 atom stereocenters. The zero-order chi connectivity index (χ0) is 18.4. The minimum absolute atomic E-state index is 0.0956. The van der Waals surface area contributed by atoms with Crippen LogP contribution in [0.1, 0.15) is 11.1 Å². The molecule has 7 heteroatoms. The van der Waals surface area contributed by atoms with Crippen LogP contribution in [0.25, 0.3) is 10.9 Å². The number of methoxy groups -OCH3 is 1. The molecular weight excluding hydrogens is 330 g/mol. The van der Waals surface area contributed by atoms with Gasteiger partial charge in [-0.15, -0.1) is 5.10 Å². The molecule has 0 bridgehead atoms. The summed E-state index contributed by atoms with van der Waals surface area (Å²) in [4.78, 5) is 4.39. The van der Waals surface area contributed by atoms with Crippen LogP contribution in [0.4, 0.5) is 0 Å². The molecule has 0 radical (unpaired) electrons. The summed E-state index contributed by atoms with van der Waals surface area (Å²) in [5, 5.41) is 8.43. The Kier molecular flexibility index (Phi) is 5.28. The van der Waals surface area contributed by atoms with Crippen molar-refractivity contribution in [1.82, 2.24) is 4.98 Å². The third-order valence-electron chi connectivity index (χ3n) is 3.66. The molecule has 132 valence electrons. The summed E-state index contributed by atoms with van der Waals surface area (Å²) in [5.74, 6) is 1.34. The highest BCUT2D eigenvalue weighted by molar-refractivity contribution is 5.84. The van der Waals surface area contributed by atoms with E-state index >= 15 is 0 Å². The SMILES string of the molecule is COc1ccc(C=NN=C(N)N)cc1COc1cccc2cccnc12. The Balaban J connectivity index is 1.84. The summed E-state index contributed by atoms with van der Waals surface area (Å²) in [7, 11) is 1.62. The number of hydrogen-bond acceptors (Lipinski definition) is 5. The largest absolute Gasteiger partial charge is 0.496 e. The highest BCUT2D eigenvalue weighted by atomic mass is 16.5. The van der Waals surface area contributed by atoms with Crippen molar-refractivity contribution in [2.75, 3.05) is 7.11 Å². The first-order valence-corrected chi connectivity index (χ1v) is 7.93. The Labute approximate surface area is 151 Å². The van der Waals surface area contributed by atoms with Gasteiger partial charge < -0.3 is 20.9 Å². The maximum atomic E-state index is 5.99. The standard InChI is InChI=1S/C19H19N5O2/c1-25-16-8-7-13(11-23-24-19(20)21)10-15(16)12-26-17-6-2-4-14-5-3-9-22-18(14)17/h2-11H,12H2,1H3,(H4,20,21,24). The number of para-hydroxylation sites is 1. The predicted octanol–water partition coefficient (Wildman–Crippen LogP) is 2.43. The molecule has 0 fully saturated rings. The molecule has 0 saturated heterocycles. The van der Waals surface area contributed by atoms with Crippen LogP contribution in [0, 0.1) is 0 Å². The average molecular weight is 349 g/mol. The topological polar surface area (TPSA) is 108 Å². The summed E-state index contributed by atoms with van der Waals surface area (Å²) in [6, 6.07) is 15.3. The first-order chi connectivity index (χ1) is 12.7. The van der Waals surface area contributed by atoms with E-state index in [4.69, 9.17) is 20.9 Å². The summed E-state index contributed by atoms with van der Waals surface area (Å²) >= 11 is 0. The fourth-order valence-electron chi connectivity index (χ4n) is 2.50. The molecule has 0 amide bonds. The number of guanidine groups is 1. The van der Waals surface area contributed by atoms with Gasteiger partial charge in [0.2, 0.25) is 5.96 Å². The second-order valence-electron chi connectivity index (χ2n) is 5.46. The van der Waals surface area contributed by atoms with Crippen molar-refractivity contribution in [2.24, 2.45) is 21.7 Å². The molecule has 3 rings (SSSR count). The van der Waals surface area contributed by atoms with Crippen LogP contribution in [0.3, 0.4) is 0 Å². The number of fused-ring (bicyclic) bond motifs is 1. The molecule has 0 spiro atoms. The van der Waals surface area contributed by atoms with E-state index in [0.717, 1.165) is 27.8 Å². The van der Waals surface area contributed by atoms with E-state index in [1.165, 1.54) is 0 Å². The average Bonchev–Trinajstić information content (AvgIpc) is 2.66. The van der Waals surface area contributed by atoms with Gasteiger partial charge >= 0.3 is 0 Å². The van der Waals surface area contributed by atoms with Crippen molar-refractivity contribution >= 4 is 23.1 Å². The monoisotopic (exact) mass is 349 g/mol. The van der Waals surface area contributed by atoms with Crippen LogP contribution in [-0.4, -0.2) is 24.3 Å². The summed E-state index contributed by atoms with van der Waals surface area (Å²) in [6.07, 6.45) is 3.30. The Hall–Kier alpha value is -3.61. The van der Waals surface area contributed by atoms with Gasteiger partial charge in [-0.3, -0.25) is 4.98 Å². The van der Waals surface area contributed by atoms with Crippen LogP contribution < -0.4 is 20.9 Å². The third-order valence-corrected chi connectivity index (χ3v) is 3.66. The van der Waals surface area contributed by atoms with Gasteiger partial charge in [-0.25, -0.2) is 0 Å². The smallest absolute Gasteiger partial charge is 0.211 e. The number of nitrogens with two attached hydrogens (primary N) is 2. The lowest BCUT2D eigenvalue weighted by Gasteiger charge is -2.12. The third kappa shape index (κ3) is 4.07. The second kappa shape index (κ2) is 7.98. The van der Waals surface area contributed by atoms with E-state index in [1.807, 2.05) is 48.5 Å². The molecule has 0 unspecified atom stereocenters. The van der Waals surface area contributed by atoms with Crippen molar-refractivity contribution in [2.45, 2.75) is 6.61 Å². The molecule has 0 aliphatic carbocycles. The Morgan fingerprint density at radius 3 is 2.77 bits per heavy atom. The Morgan fingerprint density at radius 1 is 1.12 bits per heavy atom. The second-order valence-corrected chi connectivity index (χ2v) is 5.46. The summed E-state index contributed by atoms with van der Waals surface area (Å²) in [6.45, 7) is 0.322. The van der Waals surface area contributed by atoms with Crippen LogP contribution in [0.2, 0.25) is 0 Å². The molecule has 1 aromatic heterocycles. The molecule has 1 heterocycles. The van der Waals surface area contributed by atoms with Crippen molar-refractivity contribution in [3.05, 3.63) is 65.9 Å².